The third kappa shape index (κ3) is 4.27. The predicted molar refractivity (Wildman–Crippen MR) is 74.3 cm³/mol. The summed E-state index contributed by atoms with van der Waals surface area (Å²) < 4.78 is 0. The summed E-state index contributed by atoms with van der Waals surface area (Å²) in [7, 11) is 0. The Morgan fingerprint density at radius 2 is 1.83 bits per heavy atom. The molecule has 0 aromatic heterocycles. The molecule has 1 rings (SSSR count). The zero-order valence-corrected chi connectivity index (χ0v) is 12.2. The maximum Gasteiger partial charge on any atom is 0.226 e. The molecule has 0 aromatic carbocycles. The fourth-order valence-corrected chi connectivity index (χ4v) is 2.62. The lowest BCUT2D eigenvalue weighted by Gasteiger charge is -2.28. The molecule has 3 heteroatoms. The van der Waals surface area contributed by atoms with Crippen molar-refractivity contribution in [2.75, 3.05) is 6.54 Å². The van der Waals surface area contributed by atoms with Crippen LogP contribution in [0.4, 0.5) is 0 Å². The third-order valence-electron chi connectivity index (χ3n) is 4.53. The van der Waals surface area contributed by atoms with Crippen LogP contribution < -0.4 is 5.32 Å². The fourth-order valence-electron chi connectivity index (χ4n) is 2.62. The number of aliphatic hydroxyl groups excluding tert-OH is 1. The molecule has 0 saturated heterocycles. The van der Waals surface area contributed by atoms with Crippen LogP contribution in [0.1, 0.15) is 65.7 Å². The molecule has 1 aliphatic rings. The van der Waals surface area contributed by atoms with E-state index in [0.29, 0.717) is 6.54 Å². The molecule has 1 amide bonds. The van der Waals surface area contributed by atoms with Crippen LogP contribution in [0.2, 0.25) is 0 Å². The maximum absolute atomic E-state index is 12.3. The van der Waals surface area contributed by atoms with Gasteiger partial charge in [0, 0.05) is 12.0 Å². The molecule has 0 bridgehead atoms. The molecule has 1 fully saturated rings. The first-order valence-electron chi connectivity index (χ1n) is 7.46. The summed E-state index contributed by atoms with van der Waals surface area (Å²) >= 11 is 0. The zero-order valence-electron chi connectivity index (χ0n) is 12.2. The summed E-state index contributed by atoms with van der Waals surface area (Å²) in [6.07, 6.45) is 7.28. The van der Waals surface area contributed by atoms with Crippen LogP contribution in [0.3, 0.4) is 0 Å². The van der Waals surface area contributed by atoms with E-state index in [0.717, 1.165) is 32.1 Å². The normalized spacial score (nSPS) is 22.9. The van der Waals surface area contributed by atoms with E-state index < -0.39 is 6.10 Å². The number of nitrogens with one attached hydrogen (secondary N) is 1. The molecule has 3 nitrogen and oxygen atoms in total. The molecule has 2 N–H and O–H groups in total. The van der Waals surface area contributed by atoms with Gasteiger partial charge in [0.2, 0.25) is 5.91 Å². The number of carbonyl (C=O) groups excluding carboxylic acids is 1. The van der Waals surface area contributed by atoms with Gasteiger partial charge in [0.1, 0.15) is 0 Å². The molecule has 0 radical (unpaired) electrons. The minimum Gasteiger partial charge on any atom is -0.391 e. The highest BCUT2D eigenvalue weighted by molar-refractivity contribution is 5.82. The topological polar surface area (TPSA) is 49.3 Å². The standard InChI is InChI=1S/C15H29NO2/c1-4-12(2)13(17)11-16-14(18)15(3)9-7-5-6-8-10-15/h12-13,17H,4-11H2,1-3H3,(H,16,18). The Morgan fingerprint density at radius 1 is 1.28 bits per heavy atom. The number of carbonyl (C=O) groups is 1. The first-order chi connectivity index (χ1) is 8.49. The molecular formula is C15H29NO2. The van der Waals surface area contributed by atoms with E-state index in [2.05, 4.69) is 19.2 Å². The average Bonchev–Trinajstić information content (AvgIpc) is 2.60. The minimum atomic E-state index is -0.423. The number of hydrogen-bond acceptors (Lipinski definition) is 2. The first-order valence-corrected chi connectivity index (χ1v) is 7.46. The fraction of sp³-hybridized carbons (Fsp3) is 0.933. The smallest absolute Gasteiger partial charge is 0.226 e. The minimum absolute atomic E-state index is 0.131. The van der Waals surface area contributed by atoms with Crippen molar-refractivity contribution < 1.29 is 9.90 Å². The lowest BCUT2D eigenvalue weighted by molar-refractivity contribution is -0.131. The quantitative estimate of drug-likeness (QED) is 0.742. The molecule has 1 saturated carbocycles. The Morgan fingerprint density at radius 3 is 2.33 bits per heavy atom. The molecule has 2 unspecified atom stereocenters. The van der Waals surface area contributed by atoms with Crippen molar-refractivity contribution in [1.82, 2.24) is 5.32 Å². The lowest BCUT2D eigenvalue weighted by atomic mass is 9.81. The number of aliphatic hydroxyl groups is 1. The average molecular weight is 255 g/mol. The van der Waals surface area contributed by atoms with Crippen LogP contribution in [0.5, 0.6) is 0 Å². The lowest BCUT2D eigenvalue weighted by Crippen LogP contribution is -2.43. The summed E-state index contributed by atoms with van der Waals surface area (Å²) in [4.78, 5) is 12.3. The molecule has 2 atom stereocenters. The van der Waals surface area contributed by atoms with E-state index in [9.17, 15) is 9.90 Å². The van der Waals surface area contributed by atoms with E-state index in [1.165, 1.54) is 12.8 Å². The van der Waals surface area contributed by atoms with Gasteiger partial charge in [0.05, 0.1) is 6.10 Å². The Labute approximate surface area is 111 Å². The van der Waals surface area contributed by atoms with Gasteiger partial charge in [-0.05, 0) is 18.8 Å². The highest BCUT2D eigenvalue weighted by Crippen LogP contribution is 2.34. The molecule has 0 spiro atoms. The van der Waals surface area contributed by atoms with Crippen molar-refractivity contribution >= 4 is 5.91 Å². The van der Waals surface area contributed by atoms with Gasteiger partial charge in [-0.15, -0.1) is 0 Å². The second-order valence-corrected chi connectivity index (χ2v) is 6.14. The zero-order chi connectivity index (χ0) is 13.6. The molecule has 0 heterocycles. The van der Waals surface area contributed by atoms with Gasteiger partial charge < -0.3 is 10.4 Å². The molecule has 18 heavy (non-hydrogen) atoms. The molecule has 0 aliphatic heterocycles. The van der Waals surface area contributed by atoms with Gasteiger partial charge in [-0.25, -0.2) is 0 Å². The van der Waals surface area contributed by atoms with E-state index in [4.69, 9.17) is 0 Å². The largest absolute Gasteiger partial charge is 0.391 e. The Bertz CT molecular complexity index is 257. The molecule has 1 aliphatic carbocycles. The van der Waals surface area contributed by atoms with Gasteiger partial charge in [0.25, 0.3) is 0 Å². The predicted octanol–water partition coefficient (Wildman–Crippen LogP) is 2.87. The van der Waals surface area contributed by atoms with Crippen LogP contribution in [0.15, 0.2) is 0 Å². The van der Waals surface area contributed by atoms with Gasteiger partial charge in [0.15, 0.2) is 0 Å². The first kappa shape index (κ1) is 15.5. The van der Waals surface area contributed by atoms with E-state index in [1.54, 1.807) is 0 Å². The second kappa shape index (κ2) is 7.13. The van der Waals surface area contributed by atoms with Crippen molar-refractivity contribution in [2.24, 2.45) is 11.3 Å². The SMILES string of the molecule is CCC(C)C(O)CNC(=O)C1(C)CCCCCC1. The van der Waals surface area contributed by atoms with Crippen LogP contribution in [0.25, 0.3) is 0 Å². The molecule has 106 valence electrons. The highest BCUT2D eigenvalue weighted by atomic mass is 16.3. The molecule has 0 aromatic rings. The number of amides is 1. The van der Waals surface area contributed by atoms with Crippen molar-refractivity contribution in [3.63, 3.8) is 0 Å². The van der Waals surface area contributed by atoms with Gasteiger partial charge in [-0.2, -0.15) is 0 Å². The summed E-state index contributed by atoms with van der Waals surface area (Å²) in [5.41, 5.74) is -0.217. The Kier molecular flexibility index (Phi) is 6.13. The van der Waals surface area contributed by atoms with E-state index in [-0.39, 0.29) is 17.2 Å². The summed E-state index contributed by atoms with van der Waals surface area (Å²) in [5, 5.41) is 12.8. The summed E-state index contributed by atoms with van der Waals surface area (Å²) in [6, 6.07) is 0. The Balaban J connectivity index is 2.43. The summed E-state index contributed by atoms with van der Waals surface area (Å²) in [5.74, 6) is 0.374. The monoisotopic (exact) mass is 255 g/mol. The van der Waals surface area contributed by atoms with Gasteiger partial charge >= 0.3 is 0 Å². The van der Waals surface area contributed by atoms with Crippen molar-refractivity contribution in [1.29, 1.82) is 0 Å². The number of hydrogen-bond donors (Lipinski definition) is 2. The van der Waals surface area contributed by atoms with E-state index in [1.807, 2.05) is 6.92 Å². The van der Waals surface area contributed by atoms with Crippen LogP contribution in [-0.2, 0) is 4.79 Å². The van der Waals surface area contributed by atoms with E-state index >= 15 is 0 Å². The van der Waals surface area contributed by atoms with Crippen LogP contribution in [-0.4, -0.2) is 23.7 Å². The van der Waals surface area contributed by atoms with Crippen molar-refractivity contribution in [3.8, 4) is 0 Å². The highest BCUT2D eigenvalue weighted by Gasteiger charge is 2.33. The Hall–Kier alpha value is -0.570. The van der Waals surface area contributed by atoms with Gasteiger partial charge in [-0.3, -0.25) is 4.79 Å². The van der Waals surface area contributed by atoms with Gasteiger partial charge in [-0.1, -0.05) is 52.9 Å². The molecular weight excluding hydrogens is 226 g/mol. The summed E-state index contributed by atoms with van der Waals surface area (Å²) in [6.45, 7) is 6.54. The number of rotatable bonds is 5. The van der Waals surface area contributed by atoms with Crippen molar-refractivity contribution in [2.45, 2.75) is 71.8 Å². The maximum atomic E-state index is 12.3. The third-order valence-corrected chi connectivity index (χ3v) is 4.53. The second-order valence-electron chi connectivity index (χ2n) is 6.14. The van der Waals surface area contributed by atoms with Crippen LogP contribution in [0, 0.1) is 11.3 Å². The van der Waals surface area contributed by atoms with Crippen LogP contribution >= 0.6 is 0 Å². The van der Waals surface area contributed by atoms with Crippen molar-refractivity contribution in [3.05, 3.63) is 0 Å².